The van der Waals surface area contributed by atoms with E-state index in [9.17, 15) is 0 Å². The molecule has 0 aliphatic carbocycles. The van der Waals surface area contributed by atoms with Crippen LogP contribution in [-0.2, 0) is 0 Å². The summed E-state index contributed by atoms with van der Waals surface area (Å²) in [5.74, 6) is 0.675. The van der Waals surface area contributed by atoms with Crippen molar-refractivity contribution in [2.45, 2.75) is 0 Å². The first-order valence-corrected chi connectivity index (χ1v) is 17.9. The molecule has 8 aromatic carbocycles. The Hall–Kier alpha value is -7.10. The molecule has 2 aromatic heterocycles. The van der Waals surface area contributed by atoms with E-state index < -0.39 is 0 Å². The fourth-order valence-corrected chi connectivity index (χ4v) is 7.48. The largest absolute Gasteiger partial charge is 0.455 e. The molecule has 0 fully saturated rings. The quantitative estimate of drug-likeness (QED) is 0.176. The molecule has 53 heavy (non-hydrogen) atoms. The molecule has 2 heterocycles. The van der Waals surface area contributed by atoms with Crippen molar-refractivity contribution in [1.29, 1.82) is 0 Å². The van der Waals surface area contributed by atoms with Crippen LogP contribution in [0, 0.1) is 0 Å². The third-order valence-corrected chi connectivity index (χ3v) is 10.1. The first-order valence-electron chi connectivity index (χ1n) is 17.9. The molecule has 0 aliphatic heterocycles. The summed E-state index contributed by atoms with van der Waals surface area (Å²) in [7, 11) is 0. The van der Waals surface area contributed by atoms with Gasteiger partial charge in [-0.05, 0) is 75.0 Å². The third-order valence-electron chi connectivity index (χ3n) is 10.1. The molecule has 3 heteroatoms. The third kappa shape index (κ3) is 5.65. The predicted molar refractivity (Wildman–Crippen MR) is 219 cm³/mol. The highest BCUT2D eigenvalue weighted by atomic mass is 16.3. The second-order valence-electron chi connectivity index (χ2n) is 13.4. The van der Waals surface area contributed by atoms with Crippen LogP contribution >= 0.6 is 0 Å². The van der Waals surface area contributed by atoms with E-state index in [0.717, 1.165) is 88.8 Å². The molecule has 248 valence electrons. The maximum Gasteiger partial charge on any atom is 0.160 e. The lowest BCUT2D eigenvalue weighted by atomic mass is 9.93. The average Bonchev–Trinajstić information content (AvgIpc) is 3.63. The highest BCUT2D eigenvalue weighted by molar-refractivity contribution is 6.10. The van der Waals surface area contributed by atoms with Gasteiger partial charge in [-0.1, -0.05) is 158 Å². The lowest BCUT2D eigenvalue weighted by Crippen LogP contribution is -1.97. The first-order chi connectivity index (χ1) is 26.2. The normalized spacial score (nSPS) is 11.4. The Morgan fingerprint density at radius 2 is 0.868 bits per heavy atom. The van der Waals surface area contributed by atoms with Crippen LogP contribution in [0.15, 0.2) is 199 Å². The number of hydrogen-bond acceptors (Lipinski definition) is 3. The van der Waals surface area contributed by atoms with E-state index in [0.29, 0.717) is 5.82 Å². The molecule has 0 amide bonds. The Kier molecular flexibility index (Phi) is 7.47. The zero-order valence-corrected chi connectivity index (χ0v) is 28.8. The maximum atomic E-state index is 6.55. The van der Waals surface area contributed by atoms with Gasteiger partial charge in [0.1, 0.15) is 11.2 Å². The topological polar surface area (TPSA) is 38.9 Å². The molecule has 0 aliphatic rings. The molecule has 3 nitrogen and oxygen atoms in total. The minimum Gasteiger partial charge on any atom is -0.455 e. The number of para-hydroxylation sites is 2. The van der Waals surface area contributed by atoms with Crippen molar-refractivity contribution >= 4 is 32.7 Å². The van der Waals surface area contributed by atoms with Crippen molar-refractivity contribution < 1.29 is 4.42 Å². The van der Waals surface area contributed by atoms with Crippen LogP contribution in [0.3, 0.4) is 0 Å². The first kappa shape index (κ1) is 30.7. The van der Waals surface area contributed by atoms with Crippen LogP contribution in [-0.4, -0.2) is 9.97 Å². The lowest BCUT2D eigenvalue weighted by molar-refractivity contribution is 0.670. The number of furan rings is 1. The van der Waals surface area contributed by atoms with E-state index in [1.54, 1.807) is 0 Å². The van der Waals surface area contributed by atoms with Gasteiger partial charge in [-0.2, -0.15) is 0 Å². The average molecular weight is 677 g/mol. The number of hydrogen-bond donors (Lipinski definition) is 0. The monoisotopic (exact) mass is 676 g/mol. The van der Waals surface area contributed by atoms with Gasteiger partial charge in [0.2, 0.25) is 0 Å². The second-order valence-corrected chi connectivity index (χ2v) is 13.4. The summed E-state index contributed by atoms with van der Waals surface area (Å²) in [5.41, 5.74) is 13.1. The van der Waals surface area contributed by atoms with Crippen LogP contribution in [0.4, 0.5) is 0 Å². The molecule has 0 unspecified atom stereocenters. The van der Waals surface area contributed by atoms with Crippen LogP contribution in [0.2, 0.25) is 0 Å². The van der Waals surface area contributed by atoms with Crippen molar-refractivity contribution in [3.63, 3.8) is 0 Å². The van der Waals surface area contributed by atoms with E-state index in [2.05, 4.69) is 176 Å². The van der Waals surface area contributed by atoms with Gasteiger partial charge in [-0.3, -0.25) is 0 Å². The summed E-state index contributed by atoms with van der Waals surface area (Å²) in [6, 6.07) is 68.0. The number of benzene rings is 8. The minimum atomic E-state index is 0.675. The van der Waals surface area contributed by atoms with Crippen LogP contribution in [0.1, 0.15) is 0 Å². The Morgan fingerprint density at radius 1 is 0.321 bits per heavy atom. The van der Waals surface area contributed by atoms with Gasteiger partial charge < -0.3 is 4.42 Å². The van der Waals surface area contributed by atoms with Gasteiger partial charge in [-0.25, -0.2) is 9.97 Å². The Labute approximate surface area is 307 Å². The van der Waals surface area contributed by atoms with Crippen molar-refractivity contribution in [1.82, 2.24) is 9.97 Å². The molecule has 10 rings (SSSR count). The van der Waals surface area contributed by atoms with Crippen LogP contribution in [0.25, 0.3) is 100.0 Å². The summed E-state index contributed by atoms with van der Waals surface area (Å²) in [6.07, 6.45) is 0. The predicted octanol–water partition coefficient (Wildman–Crippen LogP) is 13.5. The molecule has 0 bridgehead atoms. The number of nitrogens with zero attached hydrogens (tertiary/aromatic N) is 2. The molecule has 0 radical (unpaired) electrons. The summed E-state index contributed by atoms with van der Waals surface area (Å²) in [6.45, 7) is 0. The maximum absolute atomic E-state index is 6.55. The molecule has 0 saturated carbocycles. The Balaban J connectivity index is 1.22. The van der Waals surface area contributed by atoms with Gasteiger partial charge in [-0.15, -0.1) is 0 Å². The van der Waals surface area contributed by atoms with Gasteiger partial charge in [0.15, 0.2) is 5.82 Å². The fraction of sp³-hybridized carbons (Fsp3) is 0. The van der Waals surface area contributed by atoms with Crippen molar-refractivity contribution in [2.24, 2.45) is 0 Å². The highest BCUT2D eigenvalue weighted by Gasteiger charge is 2.17. The van der Waals surface area contributed by atoms with E-state index in [1.807, 2.05) is 18.2 Å². The fourth-order valence-electron chi connectivity index (χ4n) is 7.48. The molecular weight excluding hydrogens is 645 g/mol. The van der Waals surface area contributed by atoms with Gasteiger partial charge in [0.25, 0.3) is 0 Å². The number of fused-ring (bicyclic) bond motifs is 4. The number of rotatable bonds is 6. The van der Waals surface area contributed by atoms with E-state index >= 15 is 0 Å². The zero-order chi connectivity index (χ0) is 35.1. The molecule has 0 saturated heterocycles. The summed E-state index contributed by atoms with van der Waals surface area (Å²) in [5, 5.41) is 4.54. The highest BCUT2D eigenvalue weighted by Crippen LogP contribution is 2.40. The Morgan fingerprint density at radius 3 is 1.72 bits per heavy atom. The Bertz CT molecular complexity index is 2940. The van der Waals surface area contributed by atoms with E-state index in [4.69, 9.17) is 14.4 Å². The lowest BCUT2D eigenvalue weighted by Gasteiger charge is -2.14. The summed E-state index contributed by atoms with van der Waals surface area (Å²) < 4.78 is 6.55. The summed E-state index contributed by atoms with van der Waals surface area (Å²) >= 11 is 0. The van der Waals surface area contributed by atoms with Crippen molar-refractivity contribution in [3.05, 3.63) is 194 Å². The van der Waals surface area contributed by atoms with Crippen molar-refractivity contribution in [2.75, 3.05) is 0 Å². The SMILES string of the molecule is c1ccc(-c2cccc(-c3nc(-c4cc(-c5ccccc5)cc(-c5cccc6c5oc5ccccc56)c4)cc(-c4cccc5ccccc45)n3)c2)cc1. The smallest absolute Gasteiger partial charge is 0.160 e. The van der Waals surface area contributed by atoms with Crippen LogP contribution in [0.5, 0.6) is 0 Å². The molecule has 10 aromatic rings. The molecule has 0 spiro atoms. The standard InChI is InChI=1S/C50H32N2O/c1-3-14-33(15-4-1)36-20-11-21-37(28-36)50-51-46(32-47(52-50)43-25-12-19-35-18-7-8-22-41(35)43)40-30-38(34-16-5-2-6-17-34)29-39(31-40)42-24-13-26-45-44-23-9-10-27-48(44)53-49(42)45/h1-32H. The van der Waals surface area contributed by atoms with Gasteiger partial charge in [0.05, 0.1) is 11.4 Å². The molecule has 0 N–H and O–H groups in total. The second kappa shape index (κ2) is 12.9. The minimum absolute atomic E-state index is 0.675. The molecular formula is C50H32N2O. The van der Waals surface area contributed by atoms with Gasteiger partial charge in [0, 0.05) is 33.0 Å². The van der Waals surface area contributed by atoms with E-state index in [1.165, 1.54) is 5.39 Å². The van der Waals surface area contributed by atoms with E-state index in [-0.39, 0.29) is 0 Å². The van der Waals surface area contributed by atoms with Crippen molar-refractivity contribution in [3.8, 4) is 67.3 Å². The number of aromatic nitrogens is 2. The van der Waals surface area contributed by atoms with Gasteiger partial charge >= 0.3 is 0 Å². The summed E-state index contributed by atoms with van der Waals surface area (Å²) in [4.78, 5) is 10.6. The zero-order valence-electron chi connectivity index (χ0n) is 28.8. The molecule has 0 atom stereocenters. The van der Waals surface area contributed by atoms with Crippen LogP contribution < -0.4 is 0 Å².